The smallest absolute Gasteiger partial charge is 0.256 e. The van der Waals surface area contributed by atoms with Crippen molar-refractivity contribution in [3.63, 3.8) is 0 Å². The summed E-state index contributed by atoms with van der Waals surface area (Å²) >= 11 is 0. The summed E-state index contributed by atoms with van der Waals surface area (Å²) in [7, 11) is 0. The van der Waals surface area contributed by atoms with E-state index in [0.29, 0.717) is 28.6 Å². The van der Waals surface area contributed by atoms with Crippen molar-refractivity contribution in [1.29, 1.82) is 0 Å². The van der Waals surface area contributed by atoms with Crippen molar-refractivity contribution in [2.45, 2.75) is 58.9 Å². The lowest BCUT2D eigenvalue weighted by Gasteiger charge is -2.20. The van der Waals surface area contributed by atoms with Gasteiger partial charge in [-0.2, -0.15) is 9.78 Å². The molecule has 3 aromatic heterocycles. The van der Waals surface area contributed by atoms with E-state index in [0.717, 1.165) is 29.6 Å². The van der Waals surface area contributed by atoms with E-state index in [9.17, 15) is 9.18 Å². The number of halogens is 1. The number of hydrogen-bond donors (Lipinski definition) is 1. The summed E-state index contributed by atoms with van der Waals surface area (Å²) in [5.74, 6) is 0.0113. The van der Waals surface area contributed by atoms with Crippen molar-refractivity contribution >= 4 is 22.6 Å². The molecule has 0 saturated heterocycles. The summed E-state index contributed by atoms with van der Waals surface area (Å²) < 4.78 is 17.6. The van der Waals surface area contributed by atoms with Crippen LogP contribution >= 0.6 is 0 Å². The van der Waals surface area contributed by atoms with Gasteiger partial charge in [0.25, 0.3) is 5.91 Å². The van der Waals surface area contributed by atoms with Crippen LogP contribution in [-0.2, 0) is 5.54 Å². The predicted octanol–water partition coefficient (Wildman–Crippen LogP) is 4.05. The summed E-state index contributed by atoms with van der Waals surface area (Å²) in [5, 5.41) is 19.5. The molecule has 0 unspecified atom stereocenters. The van der Waals surface area contributed by atoms with Crippen molar-refractivity contribution < 1.29 is 9.18 Å². The second-order valence-corrected chi connectivity index (χ2v) is 9.49. The molecule has 1 aliphatic rings. The lowest BCUT2D eigenvalue weighted by molar-refractivity contribution is 0.102. The first-order valence-corrected chi connectivity index (χ1v) is 10.9. The minimum atomic E-state index is -0.493. The van der Waals surface area contributed by atoms with Crippen molar-refractivity contribution in [3.05, 3.63) is 52.9 Å². The molecule has 10 heteroatoms. The highest BCUT2D eigenvalue weighted by atomic mass is 19.1. The first-order chi connectivity index (χ1) is 15.6. The molecular formula is C23H25FN8O. The van der Waals surface area contributed by atoms with E-state index in [1.165, 1.54) is 22.9 Å². The van der Waals surface area contributed by atoms with Crippen LogP contribution in [0.15, 0.2) is 24.3 Å². The number of carbonyl (C=O) groups is 1. The number of hydrogen-bond acceptors (Lipinski definition) is 6. The highest BCUT2D eigenvalue weighted by Gasteiger charge is 2.30. The molecule has 0 radical (unpaired) electrons. The maximum Gasteiger partial charge on any atom is 0.256 e. The summed E-state index contributed by atoms with van der Waals surface area (Å²) in [6, 6.07) is 6.18. The Kier molecular flexibility index (Phi) is 4.77. The van der Waals surface area contributed by atoms with Crippen molar-refractivity contribution in [3.8, 4) is 5.69 Å². The van der Waals surface area contributed by atoms with Crippen LogP contribution < -0.4 is 5.32 Å². The molecular weight excluding hydrogens is 423 g/mol. The Bertz CT molecular complexity index is 1390. The van der Waals surface area contributed by atoms with Crippen molar-refractivity contribution in [1.82, 2.24) is 35.0 Å². The highest BCUT2D eigenvalue weighted by Crippen LogP contribution is 2.41. The van der Waals surface area contributed by atoms with E-state index >= 15 is 0 Å². The molecule has 0 aliphatic heterocycles. The number of nitrogens with zero attached hydrogens (tertiary/aromatic N) is 7. The van der Waals surface area contributed by atoms with E-state index in [4.69, 9.17) is 10.1 Å². The average Bonchev–Trinajstić information content (AvgIpc) is 3.43. The van der Waals surface area contributed by atoms with Crippen LogP contribution in [0.1, 0.15) is 67.1 Å². The van der Waals surface area contributed by atoms with E-state index in [2.05, 4.69) is 41.6 Å². The third-order valence-electron chi connectivity index (χ3n) is 5.77. The zero-order valence-electron chi connectivity index (χ0n) is 19.2. The molecule has 5 rings (SSSR count). The second-order valence-electron chi connectivity index (χ2n) is 9.49. The first kappa shape index (κ1) is 21.2. The van der Waals surface area contributed by atoms with Gasteiger partial charge in [-0.05, 0) is 82.2 Å². The molecule has 1 saturated carbocycles. The zero-order chi connectivity index (χ0) is 23.5. The third-order valence-corrected chi connectivity index (χ3v) is 5.77. The molecule has 170 valence electrons. The minimum absolute atomic E-state index is 0.158. The summed E-state index contributed by atoms with van der Waals surface area (Å²) in [5.41, 5.74) is 3.17. The van der Waals surface area contributed by atoms with Gasteiger partial charge in [0.05, 0.1) is 22.2 Å². The Morgan fingerprint density at radius 1 is 1.18 bits per heavy atom. The lowest BCUT2D eigenvalue weighted by atomic mass is 10.1. The predicted molar refractivity (Wildman–Crippen MR) is 121 cm³/mol. The number of carbonyl (C=O) groups excluding carboxylic acids is 1. The second kappa shape index (κ2) is 7.43. The monoisotopic (exact) mass is 448 g/mol. The Labute approximate surface area is 190 Å². The molecule has 33 heavy (non-hydrogen) atoms. The van der Waals surface area contributed by atoms with Gasteiger partial charge < -0.3 is 5.32 Å². The van der Waals surface area contributed by atoms with Gasteiger partial charge in [-0.25, -0.2) is 14.1 Å². The number of anilines is 1. The molecule has 1 aliphatic carbocycles. The quantitative estimate of drug-likeness (QED) is 0.505. The van der Waals surface area contributed by atoms with Crippen LogP contribution in [0.3, 0.4) is 0 Å². The van der Waals surface area contributed by atoms with Crippen molar-refractivity contribution in [2.75, 3.05) is 5.32 Å². The van der Waals surface area contributed by atoms with Crippen LogP contribution in [-0.4, -0.2) is 40.9 Å². The minimum Gasteiger partial charge on any atom is -0.322 e. The molecule has 0 atom stereocenters. The zero-order valence-corrected chi connectivity index (χ0v) is 19.2. The van der Waals surface area contributed by atoms with Gasteiger partial charge >= 0.3 is 0 Å². The molecule has 9 nitrogen and oxygen atoms in total. The molecule has 1 fully saturated rings. The molecule has 0 spiro atoms. The maximum absolute atomic E-state index is 14.4. The summed E-state index contributed by atoms with van der Waals surface area (Å²) in [6.45, 7) is 9.74. The van der Waals surface area contributed by atoms with Crippen LogP contribution in [0.5, 0.6) is 0 Å². The van der Waals surface area contributed by atoms with Gasteiger partial charge in [-0.15, -0.1) is 5.10 Å². The molecule has 1 N–H and O–H groups in total. The number of rotatable bonds is 4. The van der Waals surface area contributed by atoms with E-state index in [1.807, 2.05) is 17.7 Å². The van der Waals surface area contributed by atoms with Gasteiger partial charge in [-0.3, -0.25) is 4.79 Å². The van der Waals surface area contributed by atoms with E-state index in [-0.39, 0.29) is 17.1 Å². The van der Waals surface area contributed by atoms with Crippen LogP contribution in [0.2, 0.25) is 0 Å². The van der Waals surface area contributed by atoms with Gasteiger partial charge in [-0.1, -0.05) is 0 Å². The van der Waals surface area contributed by atoms with Crippen molar-refractivity contribution in [2.24, 2.45) is 0 Å². The third kappa shape index (κ3) is 3.75. The number of amides is 1. The summed E-state index contributed by atoms with van der Waals surface area (Å²) in [4.78, 5) is 18.4. The fourth-order valence-electron chi connectivity index (χ4n) is 3.95. The maximum atomic E-state index is 14.4. The normalized spacial score (nSPS) is 14.1. The number of tetrazole rings is 1. The number of nitrogens with one attached hydrogen (secondary N) is 1. The Morgan fingerprint density at radius 2 is 1.94 bits per heavy atom. The Hall–Kier alpha value is -3.69. The fourth-order valence-corrected chi connectivity index (χ4v) is 3.95. The number of fused-ring (bicyclic) bond motifs is 1. The fraction of sp³-hybridized carbons (Fsp3) is 0.391. The number of aryl methyl sites for hydroxylation is 2. The SMILES string of the molecule is Cc1nn(C(C)(C)C)c2nc(C3CC3)cc(C(=O)Nc3ccc(F)c(-n4nnnc4C)c3)c12. The average molecular weight is 449 g/mol. The van der Waals surface area contributed by atoms with Gasteiger partial charge in [0.2, 0.25) is 0 Å². The molecule has 3 heterocycles. The molecule has 1 amide bonds. The Morgan fingerprint density at radius 3 is 2.58 bits per heavy atom. The largest absolute Gasteiger partial charge is 0.322 e. The van der Waals surface area contributed by atoms with Crippen LogP contribution in [0.4, 0.5) is 10.1 Å². The molecule has 0 bridgehead atoms. The van der Waals surface area contributed by atoms with Crippen LogP contribution in [0, 0.1) is 19.7 Å². The first-order valence-electron chi connectivity index (χ1n) is 10.9. The highest BCUT2D eigenvalue weighted by molar-refractivity contribution is 6.12. The lowest BCUT2D eigenvalue weighted by Crippen LogP contribution is -2.23. The van der Waals surface area contributed by atoms with Gasteiger partial charge in [0.1, 0.15) is 11.5 Å². The van der Waals surface area contributed by atoms with Gasteiger partial charge in [0, 0.05) is 17.3 Å². The Balaban J connectivity index is 1.58. The molecule has 1 aromatic carbocycles. The van der Waals surface area contributed by atoms with E-state index in [1.54, 1.807) is 6.92 Å². The summed E-state index contributed by atoms with van der Waals surface area (Å²) in [6.07, 6.45) is 2.13. The topological polar surface area (TPSA) is 103 Å². The standard InChI is InChI=1S/C23H25FN8O/c1-12-20-16(11-18(14-6-7-14)26-21(20)32(28-12)23(3,4)5)22(33)25-15-8-9-17(24)19(10-15)31-13(2)27-29-30-31/h8-11,14H,6-7H2,1-5H3,(H,25,33). The van der Waals surface area contributed by atoms with E-state index < -0.39 is 5.82 Å². The number of aromatic nitrogens is 7. The number of pyridine rings is 1. The number of benzene rings is 1. The molecule has 4 aromatic rings. The van der Waals surface area contributed by atoms with Gasteiger partial charge in [0.15, 0.2) is 11.5 Å². The van der Waals surface area contributed by atoms with Crippen LogP contribution in [0.25, 0.3) is 16.7 Å².